The average Bonchev–Trinajstić information content (AvgIpc) is 3.38. The third-order valence-electron chi connectivity index (χ3n) is 8.06. The molecule has 1 saturated heterocycles. The summed E-state index contributed by atoms with van der Waals surface area (Å²) in [6.45, 7) is 11.2. The van der Waals surface area contributed by atoms with Crippen molar-refractivity contribution in [3.63, 3.8) is 0 Å². The lowest BCUT2D eigenvalue weighted by Gasteiger charge is -2.32. The van der Waals surface area contributed by atoms with Gasteiger partial charge in [0.1, 0.15) is 0 Å². The monoisotopic (exact) mass is 603 g/mol. The number of nitrogens with one attached hydrogen (secondary N) is 2. The van der Waals surface area contributed by atoms with Gasteiger partial charge < -0.3 is 15.3 Å². The predicted octanol–water partition coefficient (Wildman–Crippen LogP) is 4.88. The van der Waals surface area contributed by atoms with Gasteiger partial charge in [0.25, 0.3) is 5.91 Å². The Balaban J connectivity index is 1.35. The van der Waals surface area contributed by atoms with Crippen molar-refractivity contribution in [3.8, 4) is 5.69 Å². The maximum absolute atomic E-state index is 13.3. The number of fused-ring (bicyclic) bond motifs is 1. The molecule has 1 aromatic heterocycles. The highest BCUT2D eigenvalue weighted by Gasteiger charge is 2.25. The van der Waals surface area contributed by atoms with E-state index in [0.717, 1.165) is 57.4 Å². The molecule has 5 rings (SSSR count). The van der Waals surface area contributed by atoms with Gasteiger partial charge in [0, 0.05) is 48.9 Å². The second-order valence-corrected chi connectivity index (χ2v) is 13.6. The molecule has 1 fully saturated rings. The number of hydrogen-bond acceptors (Lipinski definition) is 6. The molecular formula is C33H41N5O4S. The Kier molecular flexibility index (Phi) is 8.91. The van der Waals surface area contributed by atoms with E-state index in [1.165, 1.54) is 0 Å². The summed E-state index contributed by atoms with van der Waals surface area (Å²) in [7, 11) is -3.70. The number of aromatic nitrogens is 2. The molecular weight excluding hydrogens is 562 g/mol. The van der Waals surface area contributed by atoms with E-state index in [-0.39, 0.29) is 24.5 Å². The van der Waals surface area contributed by atoms with Crippen LogP contribution in [0.5, 0.6) is 0 Å². The van der Waals surface area contributed by atoms with E-state index in [9.17, 15) is 18.3 Å². The molecule has 3 aromatic carbocycles. The van der Waals surface area contributed by atoms with Crippen molar-refractivity contribution in [3.05, 3.63) is 82.5 Å². The molecule has 9 nitrogen and oxygen atoms in total. The number of sulfonamides is 1. The minimum atomic E-state index is -3.70. The highest BCUT2D eigenvalue weighted by atomic mass is 32.2. The zero-order chi connectivity index (χ0) is 30.9. The van der Waals surface area contributed by atoms with E-state index >= 15 is 0 Å². The number of amides is 1. The number of aliphatic hydroxyl groups is 1. The lowest BCUT2D eigenvalue weighted by atomic mass is 9.98. The molecule has 10 heteroatoms. The van der Waals surface area contributed by atoms with E-state index < -0.39 is 10.0 Å². The van der Waals surface area contributed by atoms with Gasteiger partial charge in [-0.05, 0) is 100 Å². The van der Waals surface area contributed by atoms with Crippen LogP contribution in [0.1, 0.15) is 52.4 Å². The molecule has 0 spiro atoms. The third kappa shape index (κ3) is 6.61. The number of benzene rings is 3. The first-order valence-corrected chi connectivity index (χ1v) is 16.3. The van der Waals surface area contributed by atoms with Crippen molar-refractivity contribution >= 4 is 32.5 Å². The standard InChI is InChI=1S/C33H41N5O4S/c1-21-12-23(3)32(24(4)13-21)43(41,42)36-25(5)17-34-30-14-22(2)15-31-29(30)18-35-38(31)28-10-6-9-27(16-28)33(40)37-11-7-8-26(19-37)20-39/h6,9-10,12-16,18,25-26,34,36,39H,7-8,11,17,19-20H2,1-5H3/t25-,26?/m0/s1. The Morgan fingerprint density at radius 3 is 2.51 bits per heavy atom. The first-order chi connectivity index (χ1) is 20.5. The molecule has 3 N–H and O–H groups in total. The van der Waals surface area contributed by atoms with E-state index in [2.05, 4.69) is 15.1 Å². The molecule has 4 aromatic rings. The van der Waals surface area contributed by atoms with Crippen molar-refractivity contribution in [1.82, 2.24) is 19.4 Å². The van der Waals surface area contributed by atoms with Gasteiger partial charge in [-0.15, -0.1) is 0 Å². The summed E-state index contributed by atoms with van der Waals surface area (Å²) in [6.07, 6.45) is 3.61. The van der Waals surface area contributed by atoms with Crippen molar-refractivity contribution < 1.29 is 18.3 Å². The summed E-state index contributed by atoms with van der Waals surface area (Å²) in [6, 6.07) is 14.9. The fourth-order valence-electron chi connectivity index (χ4n) is 6.19. The molecule has 1 aliphatic heterocycles. The quantitative estimate of drug-likeness (QED) is 0.251. The summed E-state index contributed by atoms with van der Waals surface area (Å²) in [5.74, 6) is 0.0844. The zero-order valence-corrected chi connectivity index (χ0v) is 26.3. The van der Waals surface area contributed by atoms with E-state index in [1.807, 2.05) is 92.7 Å². The number of aliphatic hydroxyl groups excluding tert-OH is 1. The van der Waals surface area contributed by atoms with Crippen LogP contribution in [0.15, 0.2) is 59.6 Å². The predicted molar refractivity (Wildman–Crippen MR) is 170 cm³/mol. The van der Waals surface area contributed by atoms with Gasteiger partial charge in [0.2, 0.25) is 10.0 Å². The summed E-state index contributed by atoms with van der Waals surface area (Å²) < 4.78 is 31.2. The van der Waals surface area contributed by atoms with Gasteiger partial charge in [-0.3, -0.25) is 4.79 Å². The first-order valence-electron chi connectivity index (χ1n) is 14.8. The van der Waals surface area contributed by atoms with Gasteiger partial charge in [0.05, 0.1) is 22.3 Å². The topological polar surface area (TPSA) is 117 Å². The number of anilines is 1. The highest BCUT2D eigenvalue weighted by Crippen LogP contribution is 2.29. The minimum absolute atomic E-state index is 0.0394. The Bertz CT molecular complexity index is 1740. The second-order valence-electron chi connectivity index (χ2n) is 11.9. The number of likely N-dealkylation sites (tertiary alicyclic amines) is 1. The van der Waals surface area contributed by atoms with Crippen molar-refractivity contribution in [1.29, 1.82) is 0 Å². The molecule has 1 aliphatic rings. The maximum atomic E-state index is 13.3. The van der Waals surface area contributed by atoms with Crippen LogP contribution < -0.4 is 10.0 Å². The molecule has 1 amide bonds. The second kappa shape index (κ2) is 12.5. The van der Waals surface area contributed by atoms with Crippen LogP contribution in [-0.2, 0) is 10.0 Å². The van der Waals surface area contributed by atoms with Gasteiger partial charge in [-0.2, -0.15) is 5.10 Å². The molecule has 0 bridgehead atoms. The van der Waals surface area contributed by atoms with Crippen molar-refractivity contribution in [2.24, 2.45) is 5.92 Å². The third-order valence-corrected chi connectivity index (χ3v) is 9.96. The molecule has 0 radical (unpaired) electrons. The normalized spacial score (nSPS) is 16.4. The molecule has 0 saturated carbocycles. The lowest BCUT2D eigenvalue weighted by Crippen LogP contribution is -2.40. The SMILES string of the molecule is Cc1cc(C)c(S(=O)(=O)N[C@@H](C)CNc2cc(C)cc3c2cnn3-c2cccc(C(=O)N3CCCC(CO)C3)c2)c(C)c1. The molecule has 2 heterocycles. The van der Waals surface area contributed by atoms with Crippen LogP contribution in [0, 0.1) is 33.6 Å². The number of rotatable bonds is 9. The minimum Gasteiger partial charge on any atom is -0.396 e. The van der Waals surface area contributed by atoms with E-state index in [0.29, 0.717) is 30.1 Å². The van der Waals surface area contributed by atoms with Gasteiger partial charge in [0.15, 0.2) is 0 Å². The largest absolute Gasteiger partial charge is 0.396 e. The number of carbonyl (C=O) groups excluding carboxylic acids is 1. The first kappa shape index (κ1) is 30.7. The van der Waals surface area contributed by atoms with Crippen molar-refractivity contribution in [2.75, 3.05) is 31.6 Å². The number of piperidine rings is 1. The number of aryl methyl sites for hydroxylation is 4. The van der Waals surface area contributed by atoms with Gasteiger partial charge in [-0.1, -0.05) is 23.8 Å². The van der Waals surface area contributed by atoms with Gasteiger partial charge in [-0.25, -0.2) is 17.8 Å². The lowest BCUT2D eigenvalue weighted by molar-refractivity contribution is 0.0620. The Hall–Kier alpha value is -3.73. The van der Waals surface area contributed by atoms with Gasteiger partial charge >= 0.3 is 0 Å². The molecule has 2 atom stereocenters. The van der Waals surface area contributed by atoms with Crippen molar-refractivity contribution in [2.45, 2.75) is 58.4 Å². The zero-order valence-electron chi connectivity index (χ0n) is 25.5. The summed E-state index contributed by atoms with van der Waals surface area (Å²) in [5, 5.41) is 18.6. The highest BCUT2D eigenvalue weighted by molar-refractivity contribution is 7.89. The maximum Gasteiger partial charge on any atom is 0.253 e. The van der Waals surface area contributed by atoms with Crippen LogP contribution in [0.4, 0.5) is 5.69 Å². The molecule has 228 valence electrons. The van der Waals surface area contributed by atoms with Crippen LogP contribution in [-0.4, -0.2) is 66.4 Å². The van der Waals surface area contributed by atoms with Crippen LogP contribution in [0.25, 0.3) is 16.6 Å². The smallest absolute Gasteiger partial charge is 0.253 e. The number of hydrogen-bond donors (Lipinski definition) is 3. The number of carbonyl (C=O) groups is 1. The van der Waals surface area contributed by atoms with E-state index in [1.54, 1.807) is 6.20 Å². The Morgan fingerprint density at radius 2 is 1.79 bits per heavy atom. The fraction of sp³-hybridized carbons (Fsp3) is 0.394. The van der Waals surface area contributed by atoms with Crippen LogP contribution in [0.2, 0.25) is 0 Å². The Morgan fingerprint density at radius 1 is 1.07 bits per heavy atom. The Labute approximate surface area is 254 Å². The molecule has 0 aliphatic carbocycles. The molecule has 43 heavy (non-hydrogen) atoms. The average molecular weight is 604 g/mol. The summed E-state index contributed by atoms with van der Waals surface area (Å²) in [4.78, 5) is 15.5. The number of nitrogens with zero attached hydrogens (tertiary/aromatic N) is 3. The molecule has 1 unspecified atom stereocenters. The summed E-state index contributed by atoms with van der Waals surface area (Å²) in [5.41, 5.74) is 6.61. The fourth-order valence-corrected chi connectivity index (χ4v) is 7.89. The van der Waals surface area contributed by atoms with Crippen LogP contribution in [0.3, 0.4) is 0 Å². The summed E-state index contributed by atoms with van der Waals surface area (Å²) >= 11 is 0. The van der Waals surface area contributed by atoms with Crippen LogP contribution >= 0.6 is 0 Å². The van der Waals surface area contributed by atoms with E-state index in [4.69, 9.17) is 0 Å².